The highest BCUT2D eigenvalue weighted by Crippen LogP contribution is 2.35. The van der Waals surface area contributed by atoms with E-state index in [1.165, 1.54) is 12.8 Å². The van der Waals surface area contributed by atoms with Crippen LogP contribution in [-0.2, 0) is 11.1 Å². The molecule has 1 fully saturated rings. The van der Waals surface area contributed by atoms with Crippen LogP contribution in [0.15, 0.2) is 53.4 Å². The zero-order chi connectivity index (χ0) is 15.8. The molecule has 4 rings (SSSR count). The van der Waals surface area contributed by atoms with Gasteiger partial charge in [0.15, 0.2) is 11.1 Å². The van der Waals surface area contributed by atoms with E-state index in [2.05, 4.69) is 22.0 Å². The zero-order valence-electron chi connectivity index (χ0n) is 12.7. The number of para-hydroxylation sites is 1. The Balaban J connectivity index is 1.89. The van der Waals surface area contributed by atoms with Crippen LogP contribution in [0.2, 0.25) is 0 Å². The van der Waals surface area contributed by atoms with E-state index >= 15 is 0 Å². The van der Waals surface area contributed by atoms with E-state index in [0.717, 1.165) is 40.9 Å². The second-order valence-corrected chi connectivity index (χ2v) is 6.86. The van der Waals surface area contributed by atoms with Crippen LogP contribution in [0.4, 0.5) is 5.69 Å². The van der Waals surface area contributed by atoms with Gasteiger partial charge in [0.25, 0.3) is 0 Å². The molecule has 1 unspecified atom stereocenters. The number of hydrogen-bond acceptors (Lipinski definition) is 2. The van der Waals surface area contributed by atoms with Crippen LogP contribution in [0.25, 0.3) is 22.2 Å². The van der Waals surface area contributed by atoms with Crippen LogP contribution in [0, 0.1) is 0 Å². The molecule has 1 aromatic heterocycles. The molecule has 0 aliphatic carbocycles. The molecule has 0 amide bonds. The number of hydrogen-bond donors (Lipinski definition) is 2. The highest BCUT2D eigenvalue weighted by Gasteiger charge is 2.19. The average molecular weight is 326 g/mol. The topological polar surface area (TPSA) is 56.3 Å². The molecule has 1 aliphatic rings. The van der Waals surface area contributed by atoms with E-state index in [1.807, 2.05) is 30.3 Å². The summed E-state index contributed by atoms with van der Waals surface area (Å²) >= 11 is -1.97. The minimum atomic E-state index is -1.97. The quantitative estimate of drug-likeness (QED) is 0.715. The second kappa shape index (κ2) is 5.83. The van der Waals surface area contributed by atoms with Crippen molar-refractivity contribution < 1.29 is 8.76 Å². The first-order chi connectivity index (χ1) is 11.2. The largest absolute Gasteiger partial charge is 0.371 e. The SMILES string of the molecule is O=S(O)c1ccc(N2CCCC2)c(-c2cc3ccccc3[nH]2)c1. The summed E-state index contributed by atoms with van der Waals surface area (Å²) < 4.78 is 20.9. The summed E-state index contributed by atoms with van der Waals surface area (Å²) in [5.41, 5.74) is 4.18. The molecule has 1 aliphatic heterocycles. The number of aromatic nitrogens is 1. The van der Waals surface area contributed by atoms with Crippen molar-refractivity contribution in [1.82, 2.24) is 4.98 Å². The molecule has 23 heavy (non-hydrogen) atoms. The number of anilines is 1. The van der Waals surface area contributed by atoms with Gasteiger partial charge in [-0.3, -0.25) is 0 Å². The van der Waals surface area contributed by atoms with Crippen molar-refractivity contribution in [1.29, 1.82) is 0 Å². The highest BCUT2D eigenvalue weighted by molar-refractivity contribution is 7.79. The van der Waals surface area contributed by atoms with Gasteiger partial charge in [0.1, 0.15) is 0 Å². The van der Waals surface area contributed by atoms with Crippen LogP contribution >= 0.6 is 0 Å². The van der Waals surface area contributed by atoms with Crippen LogP contribution < -0.4 is 4.90 Å². The molecular weight excluding hydrogens is 308 g/mol. The van der Waals surface area contributed by atoms with Crippen LogP contribution in [-0.4, -0.2) is 26.8 Å². The van der Waals surface area contributed by atoms with Crippen LogP contribution in [0.5, 0.6) is 0 Å². The van der Waals surface area contributed by atoms with Crippen LogP contribution in [0.1, 0.15) is 12.8 Å². The van der Waals surface area contributed by atoms with Crippen molar-refractivity contribution in [3.8, 4) is 11.3 Å². The Morgan fingerprint density at radius 1 is 1.04 bits per heavy atom. The van der Waals surface area contributed by atoms with Gasteiger partial charge in [-0.05, 0) is 43.2 Å². The van der Waals surface area contributed by atoms with Gasteiger partial charge >= 0.3 is 0 Å². The van der Waals surface area contributed by atoms with E-state index in [4.69, 9.17) is 0 Å². The summed E-state index contributed by atoms with van der Waals surface area (Å²) in [6, 6.07) is 15.8. The van der Waals surface area contributed by atoms with Crippen molar-refractivity contribution in [3.63, 3.8) is 0 Å². The van der Waals surface area contributed by atoms with Crippen molar-refractivity contribution >= 4 is 27.7 Å². The molecular formula is C18H18N2O2S. The Morgan fingerprint density at radius 2 is 1.83 bits per heavy atom. The van der Waals surface area contributed by atoms with Gasteiger partial charge in [0, 0.05) is 40.9 Å². The van der Waals surface area contributed by atoms with Crippen molar-refractivity contribution in [2.24, 2.45) is 0 Å². The predicted octanol–water partition coefficient (Wildman–Crippen LogP) is 4.02. The van der Waals surface area contributed by atoms with Gasteiger partial charge < -0.3 is 14.4 Å². The normalized spacial score (nSPS) is 16.1. The maximum atomic E-state index is 11.5. The molecule has 1 atom stereocenters. The van der Waals surface area contributed by atoms with Crippen molar-refractivity contribution in [2.45, 2.75) is 17.7 Å². The first kappa shape index (κ1) is 14.5. The van der Waals surface area contributed by atoms with Gasteiger partial charge in [0.05, 0.1) is 4.90 Å². The minimum Gasteiger partial charge on any atom is -0.371 e. The van der Waals surface area contributed by atoms with Gasteiger partial charge in [-0.25, -0.2) is 4.21 Å². The number of nitrogens with one attached hydrogen (secondary N) is 1. The predicted molar refractivity (Wildman–Crippen MR) is 94.2 cm³/mol. The number of fused-ring (bicyclic) bond motifs is 1. The fraction of sp³-hybridized carbons (Fsp3) is 0.222. The van der Waals surface area contributed by atoms with E-state index < -0.39 is 11.1 Å². The van der Waals surface area contributed by atoms with E-state index in [0.29, 0.717) is 4.90 Å². The minimum absolute atomic E-state index is 0.432. The molecule has 0 radical (unpaired) electrons. The summed E-state index contributed by atoms with van der Waals surface area (Å²) in [5.74, 6) is 0. The molecule has 5 heteroatoms. The number of aromatic amines is 1. The molecule has 0 spiro atoms. The molecule has 4 nitrogen and oxygen atoms in total. The third-order valence-electron chi connectivity index (χ3n) is 4.44. The first-order valence-electron chi connectivity index (χ1n) is 7.80. The first-order valence-corrected chi connectivity index (χ1v) is 8.91. The van der Waals surface area contributed by atoms with Gasteiger partial charge in [-0.2, -0.15) is 0 Å². The maximum Gasteiger partial charge on any atom is 0.186 e. The zero-order valence-corrected chi connectivity index (χ0v) is 13.5. The van der Waals surface area contributed by atoms with Crippen molar-refractivity contribution in [2.75, 3.05) is 18.0 Å². The highest BCUT2D eigenvalue weighted by atomic mass is 32.2. The summed E-state index contributed by atoms with van der Waals surface area (Å²) in [7, 11) is 0. The number of H-pyrrole nitrogens is 1. The Kier molecular flexibility index (Phi) is 3.67. The Labute approximate surface area is 137 Å². The summed E-state index contributed by atoms with van der Waals surface area (Å²) in [6.45, 7) is 2.07. The second-order valence-electron chi connectivity index (χ2n) is 5.89. The summed E-state index contributed by atoms with van der Waals surface area (Å²) in [4.78, 5) is 6.22. The molecule has 2 N–H and O–H groups in total. The van der Waals surface area contributed by atoms with E-state index in [9.17, 15) is 8.76 Å². The van der Waals surface area contributed by atoms with Crippen molar-refractivity contribution in [3.05, 3.63) is 48.5 Å². The average Bonchev–Trinajstić information content (AvgIpc) is 3.23. The van der Waals surface area contributed by atoms with Gasteiger partial charge in [0.2, 0.25) is 0 Å². The molecule has 2 aromatic carbocycles. The third-order valence-corrected chi connectivity index (χ3v) is 5.09. The number of benzene rings is 2. The Hall–Kier alpha value is -2.11. The number of rotatable bonds is 3. The Bertz CT molecular complexity index is 849. The maximum absolute atomic E-state index is 11.5. The lowest BCUT2D eigenvalue weighted by molar-refractivity contribution is 0.564. The number of nitrogens with zero attached hydrogens (tertiary/aromatic N) is 1. The molecule has 2 heterocycles. The molecule has 3 aromatic rings. The lowest BCUT2D eigenvalue weighted by atomic mass is 10.1. The molecule has 0 saturated carbocycles. The van der Waals surface area contributed by atoms with E-state index in [1.54, 1.807) is 6.07 Å². The van der Waals surface area contributed by atoms with Crippen LogP contribution in [0.3, 0.4) is 0 Å². The Morgan fingerprint density at radius 3 is 2.57 bits per heavy atom. The van der Waals surface area contributed by atoms with E-state index in [-0.39, 0.29) is 0 Å². The van der Waals surface area contributed by atoms with Gasteiger partial charge in [-0.15, -0.1) is 0 Å². The lowest BCUT2D eigenvalue weighted by Crippen LogP contribution is -2.18. The molecule has 0 bridgehead atoms. The fourth-order valence-electron chi connectivity index (χ4n) is 3.29. The fourth-order valence-corrected chi connectivity index (χ4v) is 3.69. The molecule has 1 saturated heterocycles. The third kappa shape index (κ3) is 2.66. The summed E-state index contributed by atoms with van der Waals surface area (Å²) in [5, 5.41) is 1.14. The summed E-state index contributed by atoms with van der Waals surface area (Å²) in [6.07, 6.45) is 2.39. The van der Waals surface area contributed by atoms with Gasteiger partial charge in [-0.1, -0.05) is 18.2 Å². The smallest absolute Gasteiger partial charge is 0.186 e. The lowest BCUT2D eigenvalue weighted by Gasteiger charge is -2.21. The monoisotopic (exact) mass is 326 g/mol. The molecule has 118 valence electrons. The standard InChI is InChI=1S/C18H18N2O2S/c21-23(22)14-7-8-18(20-9-3-4-10-20)15(12-14)17-11-13-5-1-2-6-16(13)19-17/h1-2,5-8,11-12,19H,3-4,9-10H2,(H,21,22).